The Balaban J connectivity index is 0.000000612. The molecule has 1 aliphatic carbocycles. The maximum Gasteiger partial charge on any atom is -0.0132 e. The van der Waals surface area contributed by atoms with Gasteiger partial charge in [0.05, 0.1) is 0 Å². The van der Waals surface area contributed by atoms with Gasteiger partial charge in [0.25, 0.3) is 0 Å². The maximum absolute atomic E-state index is 2.40. The van der Waals surface area contributed by atoms with E-state index in [4.69, 9.17) is 0 Å². The van der Waals surface area contributed by atoms with E-state index in [2.05, 4.69) is 173 Å². The van der Waals surface area contributed by atoms with Crippen molar-refractivity contribution in [2.24, 2.45) is 22.7 Å². The van der Waals surface area contributed by atoms with Crippen LogP contribution in [-0.4, -0.2) is 0 Å². The van der Waals surface area contributed by atoms with Gasteiger partial charge in [0.1, 0.15) is 0 Å². The van der Waals surface area contributed by atoms with Crippen molar-refractivity contribution >= 4 is 0 Å². The van der Waals surface area contributed by atoms with Crippen LogP contribution in [0, 0.1) is 22.7 Å². The molecular weight excluding hydrogens is 528 g/mol. The molecule has 0 heterocycles. The quantitative estimate of drug-likeness (QED) is 0.280. The van der Waals surface area contributed by atoms with Crippen molar-refractivity contribution in [1.29, 1.82) is 0 Å². The van der Waals surface area contributed by atoms with Crippen LogP contribution >= 0.6 is 0 Å². The minimum Gasteiger partial charge on any atom is -0.0683 e. The molecule has 3 rings (SSSR count). The number of rotatable bonds is 0. The van der Waals surface area contributed by atoms with Crippen molar-refractivity contribution in [2.75, 3.05) is 0 Å². The summed E-state index contributed by atoms with van der Waals surface area (Å²) < 4.78 is 0. The Hall–Kier alpha value is -1.56. The zero-order valence-corrected chi connectivity index (χ0v) is 33.6. The summed E-state index contributed by atoms with van der Waals surface area (Å²) in [6, 6.07) is 17.9. The second kappa shape index (κ2) is 16.3. The van der Waals surface area contributed by atoms with E-state index in [-0.39, 0.29) is 21.7 Å². The summed E-state index contributed by atoms with van der Waals surface area (Å²) in [5.74, 6) is 1.92. The molecule has 1 fully saturated rings. The van der Waals surface area contributed by atoms with Crippen molar-refractivity contribution in [3.05, 3.63) is 70.8 Å². The van der Waals surface area contributed by atoms with E-state index in [1.807, 2.05) is 13.8 Å². The summed E-state index contributed by atoms with van der Waals surface area (Å²) in [7, 11) is 0. The molecular formula is C44H78. The molecule has 0 aromatic heterocycles. The Kier molecular flexibility index (Phi) is 15.7. The summed E-state index contributed by atoms with van der Waals surface area (Å²) in [5, 5.41) is 0. The predicted octanol–water partition coefficient (Wildman–Crippen LogP) is 14.5. The van der Waals surface area contributed by atoms with Crippen LogP contribution in [0.2, 0.25) is 0 Å². The molecule has 0 heteroatoms. The molecule has 0 unspecified atom stereocenters. The lowest BCUT2D eigenvalue weighted by atomic mass is 9.64. The van der Waals surface area contributed by atoms with Crippen LogP contribution in [0.3, 0.4) is 0 Å². The standard InChI is InChI=1S/C14H28.2C14H22.C2H6/c2*1-13(2,3)11-7-9-12(10-8-11)14(4,5)6;1-13(2,3)11-8-7-9-12(10-11)14(4,5)6;1-2/h11-12H,7-10H2,1-6H3;2*7-10H,1-6H3;1-2H3. The second-order valence-corrected chi connectivity index (χ2v) is 19.4. The van der Waals surface area contributed by atoms with E-state index in [1.165, 1.54) is 47.9 Å². The first kappa shape index (κ1) is 42.4. The van der Waals surface area contributed by atoms with Gasteiger partial charge in [-0.2, -0.15) is 0 Å². The monoisotopic (exact) mass is 607 g/mol. The molecule has 1 aliphatic rings. The van der Waals surface area contributed by atoms with Crippen molar-refractivity contribution in [3.8, 4) is 0 Å². The van der Waals surface area contributed by atoms with Gasteiger partial charge in [-0.3, -0.25) is 0 Å². The fourth-order valence-electron chi connectivity index (χ4n) is 5.75. The first-order chi connectivity index (χ1) is 19.6. The van der Waals surface area contributed by atoms with Gasteiger partial charge in [0.15, 0.2) is 0 Å². The van der Waals surface area contributed by atoms with Crippen LogP contribution in [0.25, 0.3) is 0 Å². The molecule has 0 radical (unpaired) electrons. The van der Waals surface area contributed by atoms with Gasteiger partial charge in [-0.25, -0.2) is 0 Å². The fourth-order valence-corrected chi connectivity index (χ4v) is 5.75. The van der Waals surface area contributed by atoms with Crippen LogP contribution in [0.15, 0.2) is 48.5 Å². The van der Waals surface area contributed by atoms with Crippen LogP contribution in [0.1, 0.15) is 186 Å². The lowest BCUT2D eigenvalue weighted by Crippen LogP contribution is -2.30. The number of hydrogen-bond donors (Lipinski definition) is 0. The molecule has 2 aromatic rings. The Morgan fingerprint density at radius 2 is 0.591 bits per heavy atom. The Labute approximate surface area is 278 Å². The molecule has 0 aliphatic heterocycles. The van der Waals surface area contributed by atoms with Crippen molar-refractivity contribution in [2.45, 2.75) is 186 Å². The van der Waals surface area contributed by atoms with Crippen LogP contribution in [0.5, 0.6) is 0 Å². The van der Waals surface area contributed by atoms with Gasteiger partial charge in [-0.15, -0.1) is 0 Å². The highest BCUT2D eigenvalue weighted by molar-refractivity contribution is 5.32. The number of benzene rings is 2. The SMILES string of the molecule is CC.CC(C)(C)C1CCC(C(C)(C)C)CC1.CC(C)(C)c1ccc(C(C)(C)C)cc1.CC(C)(C)c1cccc(C(C)(C)C)c1. The zero-order chi connectivity index (χ0) is 34.9. The van der Waals surface area contributed by atoms with Crippen molar-refractivity contribution in [3.63, 3.8) is 0 Å². The predicted molar refractivity (Wildman–Crippen MR) is 203 cm³/mol. The topological polar surface area (TPSA) is 0 Å². The van der Waals surface area contributed by atoms with Crippen molar-refractivity contribution < 1.29 is 0 Å². The average molecular weight is 607 g/mol. The first-order valence-electron chi connectivity index (χ1n) is 17.9. The molecule has 2 aromatic carbocycles. The largest absolute Gasteiger partial charge is 0.0683 e. The molecule has 1 saturated carbocycles. The third kappa shape index (κ3) is 15.1. The molecule has 0 bridgehead atoms. The summed E-state index contributed by atoms with van der Waals surface area (Å²) in [4.78, 5) is 0. The highest BCUT2D eigenvalue weighted by Gasteiger charge is 2.34. The van der Waals surface area contributed by atoms with E-state index < -0.39 is 0 Å². The summed E-state index contributed by atoms with van der Waals surface area (Å²) in [6.07, 6.45) is 5.80. The summed E-state index contributed by atoms with van der Waals surface area (Å²) in [6.45, 7) is 45.4. The molecule has 44 heavy (non-hydrogen) atoms. The Morgan fingerprint density at radius 1 is 0.364 bits per heavy atom. The van der Waals surface area contributed by atoms with Gasteiger partial charge < -0.3 is 0 Å². The maximum atomic E-state index is 2.40. The fraction of sp³-hybridized carbons (Fsp3) is 0.727. The highest BCUT2D eigenvalue weighted by atomic mass is 14.4. The second-order valence-electron chi connectivity index (χ2n) is 19.4. The molecule has 0 atom stereocenters. The minimum absolute atomic E-state index is 0.251. The highest BCUT2D eigenvalue weighted by Crippen LogP contribution is 2.45. The first-order valence-corrected chi connectivity index (χ1v) is 17.9. The summed E-state index contributed by atoms with van der Waals surface area (Å²) in [5.41, 5.74) is 7.74. The van der Waals surface area contributed by atoms with Crippen molar-refractivity contribution in [1.82, 2.24) is 0 Å². The number of hydrogen-bond acceptors (Lipinski definition) is 0. The zero-order valence-electron chi connectivity index (χ0n) is 33.6. The molecule has 0 saturated heterocycles. The molecule has 0 amide bonds. The van der Waals surface area contributed by atoms with Crippen LogP contribution in [0.4, 0.5) is 0 Å². The molecule has 0 spiro atoms. The van der Waals surface area contributed by atoms with Crippen LogP contribution in [-0.2, 0) is 21.7 Å². The minimum atomic E-state index is 0.251. The normalized spacial score (nSPS) is 18.1. The van der Waals surface area contributed by atoms with Gasteiger partial charge >= 0.3 is 0 Å². The van der Waals surface area contributed by atoms with E-state index >= 15 is 0 Å². The van der Waals surface area contributed by atoms with E-state index in [0.717, 1.165) is 11.8 Å². The van der Waals surface area contributed by atoms with E-state index in [0.29, 0.717) is 10.8 Å². The van der Waals surface area contributed by atoms with Gasteiger partial charge in [0, 0.05) is 0 Å². The van der Waals surface area contributed by atoms with Gasteiger partial charge in [-0.05, 0) is 92.3 Å². The van der Waals surface area contributed by atoms with E-state index in [1.54, 1.807) is 0 Å². The third-order valence-electron chi connectivity index (χ3n) is 9.39. The van der Waals surface area contributed by atoms with Gasteiger partial charge in [-0.1, -0.05) is 187 Å². The molecule has 0 N–H and O–H groups in total. The van der Waals surface area contributed by atoms with Gasteiger partial charge in [0.2, 0.25) is 0 Å². The average Bonchev–Trinajstić information content (AvgIpc) is 2.88. The summed E-state index contributed by atoms with van der Waals surface area (Å²) >= 11 is 0. The Morgan fingerprint density at radius 3 is 0.773 bits per heavy atom. The third-order valence-corrected chi connectivity index (χ3v) is 9.39. The molecule has 254 valence electrons. The van der Waals surface area contributed by atoms with Crippen LogP contribution < -0.4 is 0 Å². The smallest absolute Gasteiger partial charge is 0.0132 e. The Bertz CT molecular complexity index is 962. The lowest BCUT2D eigenvalue weighted by Gasteiger charge is -2.41. The lowest BCUT2D eigenvalue weighted by molar-refractivity contribution is 0.0970. The van der Waals surface area contributed by atoms with E-state index in [9.17, 15) is 0 Å². The molecule has 0 nitrogen and oxygen atoms in total.